The van der Waals surface area contributed by atoms with Crippen LogP contribution in [0.4, 0.5) is 0 Å². The van der Waals surface area contributed by atoms with Crippen molar-refractivity contribution in [2.75, 3.05) is 0 Å². The molecule has 2 atom stereocenters. The van der Waals surface area contributed by atoms with E-state index in [0.717, 1.165) is 6.42 Å². The summed E-state index contributed by atoms with van der Waals surface area (Å²) in [6.07, 6.45) is 1.16. The fourth-order valence-electron chi connectivity index (χ4n) is 0.834. The third kappa shape index (κ3) is 1.46. The molecule has 0 radical (unpaired) electrons. The van der Waals surface area contributed by atoms with Gasteiger partial charge in [0, 0.05) is 18.1 Å². The maximum atomic E-state index is 5.55. The Hall–Kier alpha value is -0.0800. The zero-order valence-electron chi connectivity index (χ0n) is 5.52. The van der Waals surface area contributed by atoms with Crippen LogP contribution in [0.1, 0.15) is 20.3 Å². The van der Waals surface area contributed by atoms with Crippen LogP contribution in [0.3, 0.4) is 0 Å². The van der Waals surface area contributed by atoms with Crippen LogP contribution in [-0.2, 0) is 0 Å². The molecule has 0 heterocycles. The number of nitrogens with one attached hydrogen (secondary N) is 1. The largest absolute Gasteiger partial charge is 0.326 e. The highest BCUT2D eigenvalue weighted by molar-refractivity contribution is 4.97. The summed E-state index contributed by atoms with van der Waals surface area (Å²) < 4.78 is 0. The summed E-state index contributed by atoms with van der Waals surface area (Å²) in [6.45, 7) is 4.29. The molecule has 1 rings (SSSR count). The van der Waals surface area contributed by atoms with Gasteiger partial charge >= 0.3 is 0 Å². The molecule has 0 aromatic heterocycles. The van der Waals surface area contributed by atoms with Crippen LogP contribution < -0.4 is 11.1 Å². The molecular formula is C6H14N2. The molecule has 0 unspecified atom stereocenters. The predicted octanol–water partition coefficient (Wildman–Crippen LogP) is 0.0840. The fourth-order valence-corrected chi connectivity index (χ4v) is 0.834. The lowest BCUT2D eigenvalue weighted by Gasteiger charge is -2.04. The molecule has 0 saturated heterocycles. The van der Waals surface area contributed by atoms with E-state index in [4.69, 9.17) is 5.73 Å². The van der Waals surface area contributed by atoms with Gasteiger partial charge < -0.3 is 11.1 Å². The smallest absolute Gasteiger partial charge is 0.0237 e. The average molecular weight is 114 g/mol. The SMILES string of the molecule is CC(C)N[C@H]1C[C@H]1N. The molecule has 2 heteroatoms. The summed E-state index contributed by atoms with van der Waals surface area (Å²) in [6, 6.07) is 1.65. The van der Waals surface area contributed by atoms with Crippen LogP contribution in [0.15, 0.2) is 0 Å². The summed E-state index contributed by atoms with van der Waals surface area (Å²) in [5, 5.41) is 3.34. The van der Waals surface area contributed by atoms with Gasteiger partial charge in [-0.1, -0.05) is 13.8 Å². The maximum absolute atomic E-state index is 5.55. The molecule has 0 bridgehead atoms. The van der Waals surface area contributed by atoms with E-state index >= 15 is 0 Å². The normalized spacial score (nSPS) is 36.0. The number of hydrogen-bond acceptors (Lipinski definition) is 2. The topological polar surface area (TPSA) is 38.0 Å². The van der Waals surface area contributed by atoms with Gasteiger partial charge in [0.25, 0.3) is 0 Å². The van der Waals surface area contributed by atoms with Crippen LogP contribution in [0.2, 0.25) is 0 Å². The highest BCUT2D eigenvalue weighted by atomic mass is 15.0. The second kappa shape index (κ2) is 2.03. The van der Waals surface area contributed by atoms with Gasteiger partial charge in [0.05, 0.1) is 0 Å². The molecule has 1 fully saturated rings. The molecular weight excluding hydrogens is 100 g/mol. The standard InChI is InChI=1S/C6H14N2/c1-4(2)8-6-3-5(6)7/h4-6,8H,3,7H2,1-2H3/t5-,6+/m1/s1. The van der Waals surface area contributed by atoms with Gasteiger partial charge in [0.2, 0.25) is 0 Å². The van der Waals surface area contributed by atoms with Crippen molar-refractivity contribution in [3.05, 3.63) is 0 Å². The molecule has 8 heavy (non-hydrogen) atoms. The summed E-state index contributed by atoms with van der Waals surface area (Å²) >= 11 is 0. The molecule has 2 nitrogen and oxygen atoms in total. The van der Waals surface area contributed by atoms with Crippen molar-refractivity contribution in [3.63, 3.8) is 0 Å². The third-order valence-corrected chi connectivity index (χ3v) is 1.39. The summed E-state index contributed by atoms with van der Waals surface area (Å²) in [5.74, 6) is 0. The van der Waals surface area contributed by atoms with Gasteiger partial charge in [-0.2, -0.15) is 0 Å². The van der Waals surface area contributed by atoms with Gasteiger partial charge in [-0.05, 0) is 6.42 Å². The van der Waals surface area contributed by atoms with E-state index in [9.17, 15) is 0 Å². The zero-order valence-corrected chi connectivity index (χ0v) is 5.52. The highest BCUT2D eigenvalue weighted by Gasteiger charge is 2.32. The Kier molecular flexibility index (Phi) is 1.54. The summed E-state index contributed by atoms with van der Waals surface area (Å²) in [5.41, 5.74) is 5.55. The Balaban J connectivity index is 2.05. The van der Waals surface area contributed by atoms with E-state index in [2.05, 4.69) is 19.2 Å². The Bertz CT molecular complexity index is 80.6. The molecule has 1 aliphatic carbocycles. The molecule has 0 aromatic carbocycles. The first-order valence-electron chi connectivity index (χ1n) is 3.22. The molecule has 0 spiro atoms. The molecule has 1 saturated carbocycles. The molecule has 3 N–H and O–H groups in total. The minimum absolute atomic E-state index is 0.442. The second-order valence-corrected chi connectivity index (χ2v) is 2.83. The molecule has 1 aliphatic rings. The predicted molar refractivity (Wildman–Crippen MR) is 34.7 cm³/mol. The van der Waals surface area contributed by atoms with Crippen molar-refractivity contribution in [2.45, 2.75) is 38.4 Å². The summed E-state index contributed by atoms with van der Waals surface area (Å²) in [7, 11) is 0. The van der Waals surface area contributed by atoms with Crippen LogP contribution in [0, 0.1) is 0 Å². The van der Waals surface area contributed by atoms with Gasteiger partial charge in [0.15, 0.2) is 0 Å². The van der Waals surface area contributed by atoms with E-state index in [-0.39, 0.29) is 0 Å². The van der Waals surface area contributed by atoms with Gasteiger partial charge in [-0.3, -0.25) is 0 Å². The van der Waals surface area contributed by atoms with Crippen LogP contribution in [-0.4, -0.2) is 18.1 Å². The lowest BCUT2D eigenvalue weighted by Crippen LogP contribution is -2.29. The quantitative estimate of drug-likeness (QED) is 0.533. The first kappa shape index (κ1) is 6.05. The monoisotopic (exact) mass is 114 g/mol. The molecule has 0 aromatic rings. The van der Waals surface area contributed by atoms with Crippen molar-refractivity contribution < 1.29 is 0 Å². The first-order valence-corrected chi connectivity index (χ1v) is 3.22. The fraction of sp³-hybridized carbons (Fsp3) is 1.00. The van der Waals surface area contributed by atoms with E-state index in [1.54, 1.807) is 0 Å². The highest BCUT2D eigenvalue weighted by Crippen LogP contribution is 2.17. The van der Waals surface area contributed by atoms with Gasteiger partial charge in [0.1, 0.15) is 0 Å². The van der Waals surface area contributed by atoms with Crippen LogP contribution in [0.25, 0.3) is 0 Å². The van der Waals surface area contributed by atoms with E-state index in [1.807, 2.05) is 0 Å². The Morgan fingerprint density at radius 1 is 1.62 bits per heavy atom. The van der Waals surface area contributed by atoms with Crippen molar-refractivity contribution in [3.8, 4) is 0 Å². The Morgan fingerprint density at radius 2 is 2.12 bits per heavy atom. The van der Waals surface area contributed by atoms with E-state index < -0.39 is 0 Å². The summed E-state index contributed by atoms with van der Waals surface area (Å²) in [4.78, 5) is 0. The number of rotatable bonds is 2. The van der Waals surface area contributed by atoms with Crippen LogP contribution in [0.5, 0.6) is 0 Å². The number of nitrogens with two attached hydrogens (primary N) is 1. The Labute approximate surface area is 50.4 Å². The minimum atomic E-state index is 0.442. The van der Waals surface area contributed by atoms with Crippen molar-refractivity contribution in [1.82, 2.24) is 5.32 Å². The lowest BCUT2D eigenvalue weighted by atomic mass is 10.4. The number of hydrogen-bond donors (Lipinski definition) is 2. The third-order valence-electron chi connectivity index (χ3n) is 1.39. The molecule has 0 amide bonds. The minimum Gasteiger partial charge on any atom is -0.326 e. The van der Waals surface area contributed by atoms with Crippen molar-refractivity contribution in [1.29, 1.82) is 0 Å². The average Bonchev–Trinajstić information content (AvgIpc) is 2.17. The first-order chi connectivity index (χ1) is 3.70. The maximum Gasteiger partial charge on any atom is 0.0237 e. The van der Waals surface area contributed by atoms with Gasteiger partial charge in [-0.15, -0.1) is 0 Å². The van der Waals surface area contributed by atoms with E-state index in [1.165, 1.54) is 0 Å². The second-order valence-electron chi connectivity index (χ2n) is 2.83. The van der Waals surface area contributed by atoms with Gasteiger partial charge in [-0.25, -0.2) is 0 Å². The molecule has 0 aliphatic heterocycles. The van der Waals surface area contributed by atoms with Crippen LogP contribution >= 0.6 is 0 Å². The Morgan fingerprint density at radius 3 is 2.25 bits per heavy atom. The lowest BCUT2D eigenvalue weighted by molar-refractivity contribution is 0.575. The zero-order chi connectivity index (χ0) is 6.15. The van der Waals surface area contributed by atoms with Crippen molar-refractivity contribution in [2.24, 2.45) is 5.73 Å². The van der Waals surface area contributed by atoms with Crippen molar-refractivity contribution >= 4 is 0 Å². The van der Waals surface area contributed by atoms with E-state index in [0.29, 0.717) is 18.1 Å². The molecule has 48 valence electrons.